The van der Waals surface area contributed by atoms with Crippen LogP contribution in [0.5, 0.6) is 0 Å². The largest absolute Gasteiger partial charge is 0.497 e. The molecule has 0 saturated carbocycles. The van der Waals surface area contributed by atoms with Crippen molar-refractivity contribution in [2.45, 2.75) is 78.2 Å². The van der Waals surface area contributed by atoms with E-state index in [1.165, 1.54) is 5.56 Å². The van der Waals surface area contributed by atoms with Crippen molar-refractivity contribution in [2.75, 3.05) is 6.54 Å². The van der Waals surface area contributed by atoms with E-state index in [1.807, 2.05) is 60.6 Å². The normalized spacial score (nSPS) is 18.2. The summed E-state index contributed by atoms with van der Waals surface area (Å²) in [6.07, 6.45) is 2.49. The fourth-order valence-corrected chi connectivity index (χ4v) is 3.79. The second kappa shape index (κ2) is 10.1. The molecule has 1 aromatic heterocycles. The molecule has 3 heterocycles. The minimum absolute atomic E-state index is 0.232. The minimum Gasteiger partial charge on any atom is -0.478 e. The Morgan fingerprint density at radius 1 is 1.09 bits per heavy atom. The van der Waals surface area contributed by atoms with Gasteiger partial charge < -0.3 is 24.5 Å². The summed E-state index contributed by atoms with van der Waals surface area (Å²) in [6.45, 7) is 15.0. The number of ether oxygens (including phenoxy) is 1. The summed E-state index contributed by atoms with van der Waals surface area (Å²) in [5, 5.41) is 12.1. The van der Waals surface area contributed by atoms with Gasteiger partial charge in [-0.05, 0) is 84.7 Å². The zero-order valence-electron chi connectivity index (χ0n) is 21.6. The van der Waals surface area contributed by atoms with Gasteiger partial charge in [0.05, 0.1) is 16.8 Å². The van der Waals surface area contributed by atoms with Crippen molar-refractivity contribution in [1.29, 1.82) is 0 Å². The van der Waals surface area contributed by atoms with Crippen LogP contribution in [0.4, 0.5) is 0 Å². The Labute approximate surface area is 207 Å². The molecule has 0 spiro atoms. The molecule has 1 saturated heterocycles. The molecular formula is C26H35BN2O6. The van der Waals surface area contributed by atoms with E-state index in [2.05, 4.69) is 10.3 Å². The van der Waals surface area contributed by atoms with Gasteiger partial charge in [0.1, 0.15) is 11.3 Å². The number of carbonyl (C=O) groups is 2. The summed E-state index contributed by atoms with van der Waals surface area (Å²) in [7, 11) is -0.638. The monoisotopic (exact) mass is 482 g/mol. The molecule has 2 N–H and O–H groups in total. The third-order valence-electron chi connectivity index (χ3n) is 6.31. The van der Waals surface area contributed by atoms with E-state index in [0.29, 0.717) is 17.6 Å². The number of carboxylic acids is 1. The molecular weight excluding hydrogens is 447 g/mol. The van der Waals surface area contributed by atoms with E-state index in [-0.39, 0.29) is 5.69 Å². The van der Waals surface area contributed by atoms with E-state index in [0.717, 1.165) is 18.5 Å². The molecule has 0 unspecified atom stereocenters. The molecule has 2 aromatic rings. The molecule has 0 radical (unpaired) electrons. The van der Waals surface area contributed by atoms with Gasteiger partial charge in [0, 0.05) is 18.2 Å². The van der Waals surface area contributed by atoms with Crippen LogP contribution in [0.3, 0.4) is 0 Å². The van der Waals surface area contributed by atoms with Gasteiger partial charge >= 0.3 is 19.1 Å². The predicted molar refractivity (Wildman–Crippen MR) is 134 cm³/mol. The van der Waals surface area contributed by atoms with Crippen molar-refractivity contribution in [3.63, 3.8) is 0 Å². The highest BCUT2D eigenvalue weighted by molar-refractivity contribution is 6.63. The van der Waals surface area contributed by atoms with Crippen molar-refractivity contribution >= 4 is 24.5 Å². The number of fused-ring (bicyclic) bond motifs is 1. The zero-order valence-corrected chi connectivity index (χ0v) is 21.6. The van der Waals surface area contributed by atoms with Gasteiger partial charge in [-0.1, -0.05) is 18.2 Å². The van der Waals surface area contributed by atoms with Crippen molar-refractivity contribution in [3.8, 4) is 0 Å². The lowest BCUT2D eigenvalue weighted by Crippen LogP contribution is -2.41. The third kappa shape index (κ3) is 6.28. The average molecular weight is 482 g/mol. The average Bonchev–Trinajstić information content (AvgIpc) is 2.99. The Morgan fingerprint density at radius 3 is 2.34 bits per heavy atom. The third-order valence-corrected chi connectivity index (χ3v) is 6.31. The van der Waals surface area contributed by atoms with Gasteiger partial charge in [0.2, 0.25) is 0 Å². The number of hydrogen-bond donors (Lipinski definition) is 2. The van der Waals surface area contributed by atoms with Crippen LogP contribution >= 0.6 is 0 Å². The van der Waals surface area contributed by atoms with Crippen LogP contribution in [-0.2, 0) is 27.0 Å². The Bertz CT molecular complexity index is 1080. The van der Waals surface area contributed by atoms with E-state index in [4.69, 9.17) is 19.2 Å². The summed E-state index contributed by atoms with van der Waals surface area (Å²) in [4.78, 5) is 27.4. The maximum atomic E-state index is 12.4. The van der Waals surface area contributed by atoms with Crippen molar-refractivity contribution in [1.82, 2.24) is 10.3 Å². The fraction of sp³-hybridized carbons (Fsp3) is 0.500. The number of carbonyl (C=O) groups excluding carboxylic acids is 1. The number of hydrogen-bond acceptors (Lipinski definition) is 7. The first-order chi connectivity index (χ1) is 16.2. The van der Waals surface area contributed by atoms with Crippen molar-refractivity contribution < 1.29 is 28.7 Å². The lowest BCUT2D eigenvalue weighted by molar-refractivity contribution is 0.00578. The molecule has 0 aliphatic carbocycles. The number of carboxylic acid groups (broad SMARTS) is 1. The number of nitrogens with zero attached hydrogens (tertiary/aromatic N) is 1. The molecule has 4 rings (SSSR count). The van der Waals surface area contributed by atoms with Crippen molar-refractivity contribution in [3.05, 3.63) is 58.9 Å². The Kier molecular flexibility index (Phi) is 7.74. The van der Waals surface area contributed by atoms with Crippen LogP contribution < -0.4 is 10.8 Å². The number of aromatic carboxylic acids is 1. The van der Waals surface area contributed by atoms with E-state index in [9.17, 15) is 9.59 Å². The van der Waals surface area contributed by atoms with Gasteiger partial charge in [0.15, 0.2) is 0 Å². The summed E-state index contributed by atoms with van der Waals surface area (Å²) in [6, 6.07) is 9.02. The maximum Gasteiger partial charge on any atom is 0.497 e. The molecule has 2 aliphatic heterocycles. The first-order valence-electron chi connectivity index (χ1n) is 11.8. The van der Waals surface area contributed by atoms with Gasteiger partial charge in [-0.15, -0.1) is 0 Å². The van der Waals surface area contributed by atoms with E-state index >= 15 is 0 Å². The second-order valence-electron chi connectivity index (χ2n) is 10.7. The molecule has 0 amide bonds. The van der Waals surface area contributed by atoms with Crippen molar-refractivity contribution in [2.24, 2.45) is 0 Å². The highest BCUT2D eigenvalue weighted by atomic mass is 16.7. The smallest absolute Gasteiger partial charge is 0.478 e. The molecule has 8 nitrogen and oxygen atoms in total. The Hall–Kier alpha value is -2.75. The summed E-state index contributed by atoms with van der Waals surface area (Å²) < 4.78 is 17.4. The summed E-state index contributed by atoms with van der Waals surface area (Å²) in [5.74, 6) is -1.31. The molecule has 1 fully saturated rings. The first-order valence-corrected chi connectivity index (χ1v) is 11.8. The van der Waals surface area contributed by atoms with E-state index in [1.54, 1.807) is 24.4 Å². The van der Waals surface area contributed by atoms with Crippen LogP contribution in [0.1, 0.15) is 80.4 Å². The quantitative estimate of drug-likeness (QED) is 0.507. The predicted octanol–water partition coefficient (Wildman–Crippen LogP) is 3.37. The second-order valence-corrected chi connectivity index (χ2v) is 10.7. The fourth-order valence-electron chi connectivity index (χ4n) is 3.79. The van der Waals surface area contributed by atoms with Crippen LogP contribution in [0.15, 0.2) is 36.5 Å². The van der Waals surface area contributed by atoms with Crippen LogP contribution in [0.25, 0.3) is 0 Å². The topological polar surface area (TPSA) is 107 Å². The summed E-state index contributed by atoms with van der Waals surface area (Å²) in [5.41, 5.74) is 1.84. The highest BCUT2D eigenvalue weighted by Gasteiger charge is 2.52. The number of aromatic nitrogens is 1. The first kappa shape index (κ1) is 26.9. The molecule has 2 aliphatic rings. The lowest BCUT2D eigenvalue weighted by Gasteiger charge is -2.32. The maximum absolute atomic E-state index is 12.4. The Morgan fingerprint density at radius 2 is 1.74 bits per heavy atom. The highest BCUT2D eigenvalue weighted by Crippen LogP contribution is 2.36. The van der Waals surface area contributed by atoms with Crippen LogP contribution in [-0.4, -0.2) is 52.5 Å². The minimum atomic E-state index is -0.833. The van der Waals surface area contributed by atoms with E-state index < -0.39 is 35.9 Å². The molecule has 35 heavy (non-hydrogen) atoms. The zero-order chi connectivity index (χ0) is 26.0. The summed E-state index contributed by atoms with van der Waals surface area (Å²) >= 11 is 0. The standard InChI is InChI=1S/C16H24BNO4.C10H11NO2/c1-14(2,3)20-13(19)12-11(9-8-10-18-12)17-21-15(4,5)16(6,7)22-17;12-10(13)8-3-1-2-7-4-5-11-6-9(7)8/h8-10H,1-7H3;1-3,11H,4-6H2,(H,12,13). The van der Waals surface area contributed by atoms with Gasteiger partial charge in [-0.3, -0.25) is 0 Å². The number of esters is 1. The number of rotatable bonds is 3. The van der Waals surface area contributed by atoms with Crippen LogP contribution in [0, 0.1) is 0 Å². The van der Waals surface area contributed by atoms with Gasteiger partial charge in [-0.25, -0.2) is 14.6 Å². The van der Waals surface area contributed by atoms with Crippen LogP contribution in [0.2, 0.25) is 0 Å². The molecule has 0 bridgehead atoms. The van der Waals surface area contributed by atoms with Gasteiger partial charge in [-0.2, -0.15) is 0 Å². The lowest BCUT2D eigenvalue weighted by atomic mass is 9.78. The van der Waals surface area contributed by atoms with Gasteiger partial charge in [0.25, 0.3) is 0 Å². The molecule has 9 heteroatoms. The molecule has 0 atom stereocenters. The number of nitrogens with one attached hydrogen (secondary N) is 1. The number of pyridine rings is 1. The SMILES string of the molecule is CC(C)(C)OC(=O)c1ncccc1B1OC(C)(C)C(C)(C)O1.O=C(O)c1cccc2c1CNCC2. The molecule has 1 aromatic carbocycles. The molecule has 188 valence electrons. The Balaban J connectivity index is 0.000000223. The number of benzene rings is 1.